The third kappa shape index (κ3) is 2.03. The molecule has 0 spiro atoms. The quantitative estimate of drug-likeness (QED) is 0.456. The summed E-state index contributed by atoms with van der Waals surface area (Å²) in [5.41, 5.74) is 0. The number of rotatable bonds is 3. The van der Waals surface area contributed by atoms with Crippen molar-refractivity contribution in [1.29, 1.82) is 0 Å². The predicted octanol–water partition coefficient (Wildman–Crippen LogP) is 1.27. The summed E-state index contributed by atoms with van der Waals surface area (Å²) in [6.07, 6.45) is 3.13. The molecule has 1 aliphatic heterocycles. The van der Waals surface area contributed by atoms with E-state index in [0.717, 1.165) is 19.3 Å². The Morgan fingerprint density at radius 3 is 2.73 bits per heavy atom. The molecule has 1 rings (SSSR count). The van der Waals surface area contributed by atoms with E-state index >= 15 is 0 Å². The molecule has 1 atom stereocenters. The molecule has 0 saturated carbocycles. The largest absolute Gasteiger partial charge is 0.393 e. The van der Waals surface area contributed by atoms with Crippen LogP contribution in [-0.2, 0) is 14.3 Å². The second-order valence-corrected chi connectivity index (χ2v) is 2.84. The van der Waals surface area contributed by atoms with Crippen molar-refractivity contribution >= 4 is 11.9 Å². The first-order chi connectivity index (χ1) is 5.24. The molecule has 1 fully saturated rings. The Hall–Kier alpha value is -0.860. The second-order valence-electron chi connectivity index (χ2n) is 2.84. The van der Waals surface area contributed by atoms with Crippen molar-refractivity contribution < 1.29 is 14.3 Å². The Morgan fingerprint density at radius 2 is 2.27 bits per heavy atom. The van der Waals surface area contributed by atoms with E-state index in [1.54, 1.807) is 0 Å². The lowest BCUT2D eigenvalue weighted by Gasteiger charge is -2.00. The normalized spacial score (nSPS) is 23.9. The molecule has 0 N–H and O–H groups in total. The summed E-state index contributed by atoms with van der Waals surface area (Å²) in [5, 5.41) is 0. The lowest BCUT2D eigenvalue weighted by Crippen LogP contribution is -2.06. The molecule has 0 amide bonds. The summed E-state index contributed by atoms with van der Waals surface area (Å²) in [6.45, 7) is 2.06. The molecule has 1 unspecified atom stereocenters. The molecule has 1 heterocycles. The maximum Gasteiger partial charge on any atom is 0.317 e. The zero-order valence-electron chi connectivity index (χ0n) is 6.63. The van der Waals surface area contributed by atoms with E-state index in [9.17, 15) is 9.59 Å². The van der Waals surface area contributed by atoms with E-state index in [-0.39, 0.29) is 17.9 Å². The van der Waals surface area contributed by atoms with Gasteiger partial charge in [-0.2, -0.15) is 0 Å². The first-order valence-electron chi connectivity index (χ1n) is 3.98. The number of esters is 2. The van der Waals surface area contributed by atoms with Gasteiger partial charge in [-0.05, 0) is 6.42 Å². The molecule has 11 heavy (non-hydrogen) atoms. The zero-order chi connectivity index (χ0) is 8.27. The van der Waals surface area contributed by atoms with Gasteiger partial charge in [0, 0.05) is 0 Å². The van der Waals surface area contributed by atoms with Crippen molar-refractivity contribution in [2.75, 3.05) is 0 Å². The molecule has 0 aromatic rings. The van der Waals surface area contributed by atoms with Gasteiger partial charge in [0.1, 0.15) is 0 Å². The van der Waals surface area contributed by atoms with Gasteiger partial charge in [-0.3, -0.25) is 9.59 Å². The van der Waals surface area contributed by atoms with Gasteiger partial charge >= 0.3 is 11.9 Å². The van der Waals surface area contributed by atoms with Crippen molar-refractivity contribution in [3.63, 3.8) is 0 Å². The molecule has 1 aliphatic rings. The van der Waals surface area contributed by atoms with E-state index < -0.39 is 0 Å². The molecule has 62 valence electrons. The zero-order valence-corrected chi connectivity index (χ0v) is 6.63. The molecule has 0 aliphatic carbocycles. The second kappa shape index (κ2) is 3.51. The number of carbonyl (C=O) groups is 2. The fourth-order valence-electron chi connectivity index (χ4n) is 1.19. The molecule has 0 aromatic carbocycles. The maximum atomic E-state index is 10.8. The number of unbranched alkanes of at least 4 members (excludes halogenated alkanes) is 1. The third-order valence-electron chi connectivity index (χ3n) is 1.87. The van der Waals surface area contributed by atoms with Crippen LogP contribution in [0.15, 0.2) is 0 Å². The molecule has 1 saturated heterocycles. The van der Waals surface area contributed by atoms with Crippen LogP contribution in [0.3, 0.4) is 0 Å². The van der Waals surface area contributed by atoms with Gasteiger partial charge < -0.3 is 4.74 Å². The number of hydrogen-bond acceptors (Lipinski definition) is 3. The Bertz CT molecular complexity index is 174. The van der Waals surface area contributed by atoms with Crippen LogP contribution in [0.25, 0.3) is 0 Å². The highest BCUT2D eigenvalue weighted by Gasteiger charge is 2.32. The van der Waals surface area contributed by atoms with Crippen molar-refractivity contribution in [3.05, 3.63) is 0 Å². The fraction of sp³-hybridized carbons (Fsp3) is 0.750. The van der Waals surface area contributed by atoms with Gasteiger partial charge in [0.15, 0.2) is 0 Å². The SMILES string of the molecule is CCCCC1CC(=O)OC1=O. The van der Waals surface area contributed by atoms with E-state index in [1.807, 2.05) is 0 Å². The molecule has 0 radical (unpaired) electrons. The minimum absolute atomic E-state index is 0.151. The maximum absolute atomic E-state index is 10.8. The molecule has 3 nitrogen and oxygen atoms in total. The smallest absolute Gasteiger partial charge is 0.317 e. The van der Waals surface area contributed by atoms with Crippen LogP contribution < -0.4 is 0 Å². The topological polar surface area (TPSA) is 43.4 Å². The van der Waals surface area contributed by atoms with Crippen LogP contribution in [0.5, 0.6) is 0 Å². The lowest BCUT2D eigenvalue weighted by molar-refractivity contribution is -0.153. The van der Waals surface area contributed by atoms with Gasteiger partial charge in [0.05, 0.1) is 12.3 Å². The van der Waals surface area contributed by atoms with Gasteiger partial charge in [0.2, 0.25) is 0 Å². The highest BCUT2D eigenvalue weighted by Crippen LogP contribution is 2.21. The Kier molecular flexibility index (Phi) is 2.63. The molecule has 0 aromatic heterocycles. The summed E-state index contributed by atoms with van der Waals surface area (Å²) in [4.78, 5) is 21.4. The number of carbonyl (C=O) groups excluding carboxylic acids is 2. The lowest BCUT2D eigenvalue weighted by atomic mass is 10.0. The van der Waals surface area contributed by atoms with E-state index in [1.165, 1.54) is 0 Å². The summed E-state index contributed by atoms with van der Waals surface area (Å²) in [6, 6.07) is 0. The standard InChI is InChI=1S/C8H12O3/c1-2-3-4-6-5-7(9)11-8(6)10/h6H,2-5H2,1H3. The van der Waals surface area contributed by atoms with Crippen LogP contribution in [0.2, 0.25) is 0 Å². The van der Waals surface area contributed by atoms with E-state index in [4.69, 9.17) is 0 Å². The average Bonchev–Trinajstić information content (AvgIpc) is 2.26. The monoisotopic (exact) mass is 156 g/mol. The van der Waals surface area contributed by atoms with Crippen LogP contribution in [0, 0.1) is 5.92 Å². The van der Waals surface area contributed by atoms with Crippen molar-refractivity contribution in [1.82, 2.24) is 0 Å². The highest BCUT2D eigenvalue weighted by atomic mass is 16.6. The van der Waals surface area contributed by atoms with Crippen molar-refractivity contribution in [2.45, 2.75) is 32.6 Å². The summed E-state index contributed by atoms with van der Waals surface area (Å²) in [5.74, 6) is -0.845. The van der Waals surface area contributed by atoms with Crippen LogP contribution in [-0.4, -0.2) is 11.9 Å². The molecule has 3 heteroatoms. The van der Waals surface area contributed by atoms with Gasteiger partial charge in [-0.1, -0.05) is 19.8 Å². The number of cyclic esters (lactones) is 2. The summed E-state index contributed by atoms with van der Waals surface area (Å²) < 4.78 is 4.39. The van der Waals surface area contributed by atoms with Crippen molar-refractivity contribution in [3.8, 4) is 0 Å². The Balaban J connectivity index is 2.34. The van der Waals surface area contributed by atoms with Crippen molar-refractivity contribution in [2.24, 2.45) is 5.92 Å². The highest BCUT2D eigenvalue weighted by molar-refractivity contribution is 5.94. The third-order valence-corrected chi connectivity index (χ3v) is 1.87. The Labute approximate surface area is 65.7 Å². The van der Waals surface area contributed by atoms with Gasteiger partial charge in [0.25, 0.3) is 0 Å². The summed E-state index contributed by atoms with van der Waals surface area (Å²) in [7, 11) is 0. The number of hydrogen-bond donors (Lipinski definition) is 0. The van der Waals surface area contributed by atoms with E-state index in [0.29, 0.717) is 6.42 Å². The number of ether oxygens (including phenoxy) is 1. The fourth-order valence-corrected chi connectivity index (χ4v) is 1.19. The molecular weight excluding hydrogens is 144 g/mol. The van der Waals surface area contributed by atoms with Crippen LogP contribution in [0.1, 0.15) is 32.6 Å². The predicted molar refractivity (Wildman–Crippen MR) is 38.7 cm³/mol. The van der Waals surface area contributed by atoms with Crippen LogP contribution in [0.4, 0.5) is 0 Å². The minimum Gasteiger partial charge on any atom is -0.393 e. The minimum atomic E-state index is -0.365. The molecule has 0 bridgehead atoms. The summed E-state index contributed by atoms with van der Waals surface area (Å²) >= 11 is 0. The van der Waals surface area contributed by atoms with E-state index in [2.05, 4.69) is 11.7 Å². The Morgan fingerprint density at radius 1 is 1.55 bits per heavy atom. The average molecular weight is 156 g/mol. The van der Waals surface area contributed by atoms with Gasteiger partial charge in [-0.25, -0.2) is 0 Å². The molecular formula is C8H12O3. The first-order valence-corrected chi connectivity index (χ1v) is 3.98. The van der Waals surface area contributed by atoms with Gasteiger partial charge in [-0.15, -0.1) is 0 Å². The first kappa shape index (κ1) is 8.24. The van der Waals surface area contributed by atoms with Crippen LogP contribution >= 0.6 is 0 Å².